The molecule has 0 fully saturated rings. The zero-order valence-corrected chi connectivity index (χ0v) is 16.1. The van der Waals surface area contributed by atoms with Gasteiger partial charge in [-0.1, -0.05) is 30.3 Å². The molecular formula is C17H11I2NO3. The number of benzene rings is 2. The van der Waals surface area contributed by atoms with Gasteiger partial charge in [0.15, 0.2) is 6.61 Å². The Morgan fingerprint density at radius 1 is 1.22 bits per heavy atom. The minimum Gasteiger partial charge on any atom is -0.480 e. The van der Waals surface area contributed by atoms with E-state index in [9.17, 15) is 10.1 Å². The average molecular weight is 531 g/mol. The van der Waals surface area contributed by atoms with E-state index in [0.29, 0.717) is 11.3 Å². The lowest BCUT2D eigenvalue weighted by Gasteiger charge is -2.10. The molecule has 0 radical (unpaired) electrons. The largest absolute Gasteiger partial charge is 0.480 e. The van der Waals surface area contributed by atoms with Crippen LogP contribution in [0.3, 0.4) is 0 Å². The Kier molecular flexibility index (Phi) is 6.41. The van der Waals surface area contributed by atoms with Crippen LogP contribution < -0.4 is 4.74 Å². The van der Waals surface area contributed by atoms with Crippen LogP contribution in [-0.2, 0) is 4.79 Å². The summed E-state index contributed by atoms with van der Waals surface area (Å²) in [6, 6.07) is 15.4. The highest BCUT2D eigenvalue weighted by Crippen LogP contribution is 2.30. The molecular weight excluding hydrogens is 520 g/mol. The summed E-state index contributed by atoms with van der Waals surface area (Å²) >= 11 is 4.19. The predicted octanol–water partition coefficient (Wildman–Crippen LogP) is 4.42. The maximum atomic E-state index is 10.6. The molecule has 4 nitrogen and oxygen atoms in total. The SMILES string of the molecule is N#C/C(=C\c1cc(I)c(OCC(=O)O)c(I)c1)c1ccccc1. The zero-order chi connectivity index (χ0) is 16.8. The van der Waals surface area contributed by atoms with Gasteiger partial charge in [0.05, 0.1) is 18.8 Å². The quantitative estimate of drug-likeness (QED) is 0.353. The van der Waals surface area contributed by atoms with Crippen molar-refractivity contribution in [3.63, 3.8) is 0 Å². The molecule has 0 spiro atoms. The fourth-order valence-electron chi connectivity index (χ4n) is 1.90. The minimum absolute atomic E-state index is 0.380. The van der Waals surface area contributed by atoms with Crippen LogP contribution in [0.4, 0.5) is 0 Å². The first-order valence-electron chi connectivity index (χ1n) is 6.52. The third-order valence-corrected chi connectivity index (χ3v) is 4.48. The van der Waals surface area contributed by atoms with Crippen LogP contribution in [-0.4, -0.2) is 17.7 Å². The van der Waals surface area contributed by atoms with Crippen LogP contribution >= 0.6 is 45.2 Å². The van der Waals surface area contributed by atoms with Gasteiger partial charge in [-0.05, 0) is 74.5 Å². The Hall–Kier alpha value is -1.60. The standard InChI is InChI=1S/C17H11I2NO3/c18-14-7-11(8-15(19)17(14)23-10-16(21)22)6-13(9-20)12-4-2-1-3-5-12/h1-8H,10H2,(H,21,22)/b13-6+. The Bertz CT molecular complexity index is 772. The molecule has 0 amide bonds. The molecule has 2 aromatic rings. The number of carboxylic acids is 1. The lowest BCUT2D eigenvalue weighted by molar-refractivity contribution is -0.139. The maximum absolute atomic E-state index is 10.6. The number of allylic oxidation sites excluding steroid dienone is 1. The van der Waals surface area contributed by atoms with E-state index in [4.69, 9.17) is 9.84 Å². The van der Waals surface area contributed by atoms with Crippen LogP contribution in [0.25, 0.3) is 11.6 Å². The molecule has 2 aromatic carbocycles. The van der Waals surface area contributed by atoms with Crippen LogP contribution in [0.1, 0.15) is 11.1 Å². The van der Waals surface area contributed by atoms with Crippen molar-refractivity contribution >= 4 is 62.8 Å². The van der Waals surface area contributed by atoms with Gasteiger partial charge in [0, 0.05) is 0 Å². The highest BCUT2D eigenvalue weighted by molar-refractivity contribution is 14.1. The summed E-state index contributed by atoms with van der Waals surface area (Å²) in [5.74, 6) is -0.472. The fourth-order valence-corrected chi connectivity index (χ4v) is 4.03. The second-order valence-corrected chi connectivity index (χ2v) is 6.86. The Morgan fingerprint density at radius 3 is 2.35 bits per heavy atom. The summed E-state index contributed by atoms with van der Waals surface area (Å²) in [5, 5.41) is 18.1. The molecule has 0 heterocycles. The van der Waals surface area contributed by atoms with Gasteiger partial charge in [0.1, 0.15) is 5.75 Å². The second kappa shape index (κ2) is 8.31. The highest BCUT2D eigenvalue weighted by Gasteiger charge is 2.11. The van der Waals surface area contributed by atoms with E-state index in [1.807, 2.05) is 42.5 Å². The molecule has 0 atom stereocenters. The molecule has 0 saturated carbocycles. The number of carboxylic acid groups (broad SMARTS) is 1. The number of aliphatic carboxylic acids is 1. The zero-order valence-electron chi connectivity index (χ0n) is 11.8. The molecule has 0 unspecified atom stereocenters. The molecule has 0 aliphatic rings. The first-order valence-corrected chi connectivity index (χ1v) is 8.68. The summed E-state index contributed by atoms with van der Waals surface area (Å²) in [7, 11) is 0. The first-order chi connectivity index (χ1) is 11.0. The lowest BCUT2D eigenvalue weighted by Crippen LogP contribution is -2.11. The fraction of sp³-hybridized carbons (Fsp3) is 0.0588. The van der Waals surface area contributed by atoms with Crippen LogP contribution in [0, 0.1) is 18.5 Å². The Morgan fingerprint density at radius 2 is 1.83 bits per heavy atom. The average Bonchev–Trinajstić information content (AvgIpc) is 2.52. The summed E-state index contributed by atoms with van der Waals surface area (Å²) in [6.45, 7) is -0.380. The maximum Gasteiger partial charge on any atom is 0.341 e. The van der Waals surface area contributed by atoms with E-state index in [2.05, 4.69) is 51.3 Å². The van der Waals surface area contributed by atoms with Gasteiger partial charge in [0.2, 0.25) is 0 Å². The van der Waals surface area contributed by atoms with Crippen molar-refractivity contribution in [3.05, 3.63) is 60.7 Å². The van der Waals surface area contributed by atoms with Crippen molar-refractivity contribution in [2.24, 2.45) is 0 Å². The van der Waals surface area contributed by atoms with Crippen molar-refractivity contribution in [1.82, 2.24) is 0 Å². The smallest absolute Gasteiger partial charge is 0.341 e. The molecule has 0 aromatic heterocycles. The van der Waals surface area contributed by atoms with E-state index >= 15 is 0 Å². The molecule has 116 valence electrons. The van der Waals surface area contributed by atoms with E-state index in [-0.39, 0.29) is 6.61 Å². The summed E-state index contributed by atoms with van der Waals surface area (Å²) in [5.41, 5.74) is 2.28. The van der Waals surface area contributed by atoms with Crippen molar-refractivity contribution in [3.8, 4) is 11.8 Å². The van der Waals surface area contributed by atoms with E-state index in [1.54, 1.807) is 6.08 Å². The van der Waals surface area contributed by atoms with Crippen molar-refractivity contribution in [2.45, 2.75) is 0 Å². The van der Waals surface area contributed by atoms with Crippen LogP contribution in [0.5, 0.6) is 5.75 Å². The lowest BCUT2D eigenvalue weighted by atomic mass is 10.0. The van der Waals surface area contributed by atoms with Crippen LogP contribution in [0.2, 0.25) is 0 Å². The van der Waals surface area contributed by atoms with E-state index in [0.717, 1.165) is 18.3 Å². The molecule has 0 aliphatic heterocycles. The number of hydrogen-bond donors (Lipinski definition) is 1. The van der Waals surface area contributed by atoms with Gasteiger partial charge in [-0.2, -0.15) is 5.26 Å². The van der Waals surface area contributed by atoms with E-state index in [1.165, 1.54) is 0 Å². The molecule has 6 heteroatoms. The number of nitrogens with zero attached hydrogens (tertiary/aromatic N) is 1. The number of hydrogen-bond acceptors (Lipinski definition) is 3. The van der Waals surface area contributed by atoms with Gasteiger partial charge in [0.25, 0.3) is 0 Å². The van der Waals surface area contributed by atoms with Crippen molar-refractivity contribution in [1.29, 1.82) is 5.26 Å². The molecule has 2 rings (SSSR count). The Balaban J connectivity index is 2.36. The van der Waals surface area contributed by atoms with E-state index < -0.39 is 5.97 Å². The molecule has 0 aliphatic carbocycles. The van der Waals surface area contributed by atoms with Gasteiger partial charge in [-0.25, -0.2) is 4.79 Å². The van der Waals surface area contributed by atoms with Gasteiger partial charge < -0.3 is 9.84 Å². The summed E-state index contributed by atoms with van der Waals surface area (Å²) < 4.78 is 6.90. The second-order valence-electron chi connectivity index (χ2n) is 4.53. The van der Waals surface area contributed by atoms with Crippen LogP contribution in [0.15, 0.2) is 42.5 Å². The van der Waals surface area contributed by atoms with Crippen molar-refractivity contribution < 1.29 is 14.6 Å². The highest BCUT2D eigenvalue weighted by atomic mass is 127. The number of halogens is 2. The number of rotatable bonds is 5. The molecule has 0 bridgehead atoms. The molecule has 23 heavy (non-hydrogen) atoms. The third kappa shape index (κ3) is 4.94. The summed E-state index contributed by atoms with van der Waals surface area (Å²) in [6.07, 6.45) is 1.81. The van der Waals surface area contributed by atoms with Gasteiger partial charge >= 0.3 is 5.97 Å². The topological polar surface area (TPSA) is 70.3 Å². The third-order valence-electron chi connectivity index (χ3n) is 2.88. The number of nitriles is 1. The van der Waals surface area contributed by atoms with Crippen molar-refractivity contribution in [2.75, 3.05) is 6.61 Å². The molecule has 1 N–H and O–H groups in total. The minimum atomic E-state index is -1.02. The predicted molar refractivity (Wildman–Crippen MR) is 105 cm³/mol. The van der Waals surface area contributed by atoms with Gasteiger partial charge in [-0.15, -0.1) is 0 Å². The summed E-state index contributed by atoms with van der Waals surface area (Å²) in [4.78, 5) is 10.6. The number of carbonyl (C=O) groups is 1. The normalized spacial score (nSPS) is 10.9. The monoisotopic (exact) mass is 531 g/mol. The number of ether oxygens (including phenoxy) is 1. The van der Waals surface area contributed by atoms with Gasteiger partial charge in [-0.3, -0.25) is 0 Å². The Labute approximate surface area is 161 Å². The molecule has 0 saturated heterocycles. The first kappa shape index (κ1) is 17.7.